The van der Waals surface area contributed by atoms with Crippen molar-refractivity contribution in [2.45, 2.75) is 6.04 Å². The lowest BCUT2D eigenvalue weighted by Gasteiger charge is -2.39. The van der Waals surface area contributed by atoms with Crippen LogP contribution >= 0.6 is 0 Å². The summed E-state index contributed by atoms with van der Waals surface area (Å²) in [5.41, 5.74) is 3.42. The Bertz CT molecular complexity index is 1100. The maximum absolute atomic E-state index is 12.7. The molecular formula is C29H30N2O3. The Balaban J connectivity index is 1.36. The molecule has 0 aromatic heterocycles. The summed E-state index contributed by atoms with van der Waals surface area (Å²) in [5.74, 6) is 0.541. The monoisotopic (exact) mass is 454 g/mol. The van der Waals surface area contributed by atoms with Gasteiger partial charge < -0.3 is 14.7 Å². The van der Waals surface area contributed by atoms with Gasteiger partial charge in [-0.2, -0.15) is 0 Å². The lowest BCUT2D eigenvalue weighted by Crippen LogP contribution is -2.49. The van der Waals surface area contributed by atoms with Crippen LogP contribution in [0.15, 0.2) is 97.1 Å². The molecule has 1 aliphatic rings. The van der Waals surface area contributed by atoms with E-state index in [1.54, 1.807) is 30.4 Å². The van der Waals surface area contributed by atoms with Gasteiger partial charge in [-0.15, -0.1) is 0 Å². The van der Waals surface area contributed by atoms with Crippen LogP contribution in [-0.2, 0) is 4.79 Å². The maximum atomic E-state index is 12.7. The van der Waals surface area contributed by atoms with E-state index in [0.717, 1.165) is 18.7 Å². The topological polar surface area (TPSA) is 53.0 Å². The van der Waals surface area contributed by atoms with E-state index in [0.29, 0.717) is 18.8 Å². The molecule has 1 N–H and O–H groups in total. The fourth-order valence-corrected chi connectivity index (χ4v) is 4.29. The van der Waals surface area contributed by atoms with Gasteiger partial charge in [0.1, 0.15) is 0 Å². The van der Waals surface area contributed by atoms with Crippen molar-refractivity contribution in [3.63, 3.8) is 0 Å². The summed E-state index contributed by atoms with van der Waals surface area (Å²) in [5, 5.41) is 9.69. The number of nitrogens with zero attached hydrogens (tertiary/aromatic N) is 2. The van der Waals surface area contributed by atoms with E-state index in [-0.39, 0.29) is 17.7 Å². The number of aromatic hydroxyl groups is 1. The summed E-state index contributed by atoms with van der Waals surface area (Å²) in [6, 6.07) is 26.4. The average Bonchev–Trinajstić information content (AvgIpc) is 2.89. The Kier molecular flexibility index (Phi) is 7.79. The number of carbonyl (C=O) groups is 1. The van der Waals surface area contributed by atoms with Crippen LogP contribution in [0.25, 0.3) is 6.08 Å². The van der Waals surface area contributed by atoms with Crippen molar-refractivity contribution in [2.75, 3.05) is 33.3 Å². The summed E-state index contributed by atoms with van der Waals surface area (Å²) < 4.78 is 5.12. The van der Waals surface area contributed by atoms with Gasteiger partial charge in [0.25, 0.3) is 0 Å². The zero-order valence-electron chi connectivity index (χ0n) is 19.4. The molecule has 3 aromatic carbocycles. The van der Waals surface area contributed by atoms with E-state index < -0.39 is 0 Å². The zero-order valence-corrected chi connectivity index (χ0v) is 19.4. The Morgan fingerprint density at radius 3 is 2.09 bits per heavy atom. The number of hydrogen-bond acceptors (Lipinski definition) is 4. The van der Waals surface area contributed by atoms with Crippen molar-refractivity contribution >= 4 is 12.0 Å². The zero-order chi connectivity index (χ0) is 23.8. The standard InChI is InChI=1S/C29H30N2O3/c1-34-27-22-23(16-17-26(27)32)10-8-9-15-28(33)30-18-20-31(21-19-30)29(24-11-4-2-5-12-24)25-13-6-3-7-14-25/h2-17,22,29,32H,18-21H2,1H3. The molecule has 1 heterocycles. The number of phenols is 1. The summed E-state index contributed by atoms with van der Waals surface area (Å²) in [6.07, 6.45) is 7.05. The van der Waals surface area contributed by atoms with Crippen LogP contribution in [0.3, 0.4) is 0 Å². The predicted octanol–water partition coefficient (Wildman–Crippen LogP) is 4.90. The van der Waals surface area contributed by atoms with Crippen LogP contribution < -0.4 is 4.74 Å². The van der Waals surface area contributed by atoms with E-state index in [1.807, 2.05) is 29.2 Å². The van der Waals surface area contributed by atoms with Gasteiger partial charge in [-0.1, -0.05) is 85.0 Å². The van der Waals surface area contributed by atoms with Crippen LogP contribution in [0.5, 0.6) is 11.5 Å². The number of ether oxygens (including phenoxy) is 1. The first-order valence-corrected chi connectivity index (χ1v) is 11.5. The minimum Gasteiger partial charge on any atom is -0.504 e. The highest BCUT2D eigenvalue weighted by molar-refractivity contribution is 5.88. The van der Waals surface area contributed by atoms with Crippen molar-refractivity contribution < 1.29 is 14.6 Å². The van der Waals surface area contributed by atoms with Gasteiger partial charge in [0.05, 0.1) is 13.2 Å². The Morgan fingerprint density at radius 2 is 1.50 bits per heavy atom. The number of phenolic OH excluding ortho intramolecular Hbond substituents is 1. The van der Waals surface area contributed by atoms with Crippen molar-refractivity contribution in [3.05, 3.63) is 114 Å². The van der Waals surface area contributed by atoms with Crippen molar-refractivity contribution in [1.82, 2.24) is 9.80 Å². The first-order valence-electron chi connectivity index (χ1n) is 11.5. The molecule has 5 heteroatoms. The number of methoxy groups -OCH3 is 1. The van der Waals surface area contributed by atoms with Gasteiger partial charge in [0.2, 0.25) is 5.91 Å². The number of benzene rings is 3. The second kappa shape index (κ2) is 11.3. The van der Waals surface area contributed by atoms with Crippen LogP contribution in [0.2, 0.25) is 0 Å². The molecule has 0 spiro atoms. The molecule has 0 saturated carbocycles. The van der Waals surface area contributed by atoms with Crippen LogP contribution in [-0.4, -0.2) is 54.1 Å². The van der Waals surface area contributed by atoms with Crippen molar-refractivity contribution in [2.24, 2.45) is 0 Å². The van der Waals surface area contributed by atoms with Crippen molar-refractivity contribution in [1.29, 1.82) is 0 Å². The molecule has 174 valence electrons. The summed E-state index contributed by atoms with van der Waals surface area (Å²) in [7, 11) is 1.52. The number of rotatable bonds is 7. The molecule has 5 nitrogen and oxygen atoms in total. The van der Waals surface area contributed by atoms with Gasteiger partial charge >= 0.3 is 0 Å². The molecule has 34 heavy (non-hydrogen) atoms. The average molecular weight is 455 g/mol. The van der Waals surface area contributed by atoms with Crippen LogP contribution in [0.1, 0.15) is 22.7 Å². The molecule has 3 aromatic rings. The minimum atomic E-state index is 0.0172. The second-order valence-corrected chi connectivity index (χ2v) is 8.23. The van der Waals surface area contributed by atoms with E-state index in [2.05, 4.69) is 53.4 Å². The largest absolute Gasteiger partial charge is 0.504 e. The highest BCUT2D eigenvalue weighted by Gasteiger charge is 2.27. The third-order valence-electron chi connectivity index (χ3n) is 6.06. The lowest BCUT2D eigenvalue weighted by molar-refractivity contribution is -0.127. The van der Waals surface area contributed by atoms with Gasteiger partial charge in [-0.25, -0.2) is 0 Å². The predicted molar refractivity (Wildman–Crippen MR) is 136 cm³/mol. The third-order valence-corrected chi connectivity index (χ3v) is 6.06. The van der Waals surface area contributed by atoms with Gasteiger partial charge in [0, 0.05) is 32.3 Å². The number of piperazine rings is 1. The molecule has 0 aliphatic carbocycles. The van der Waals surface area contributed by atoms with Gasteiger partial charge in [-0.3, -0.25) is 9.69 Å². The molecular weight excluding hydrogens is 424 g/mol. The number of amides is 1. The van der Waals surface area contributed by atoms with E-state index in [4.69, 9.17) is 4.74 Å². The fourth-order valence-electron chi connectivity index (χ4n) is 4.29. The molecule has 0 radical (unpaired) electrons. The van der Waals surface area contributed by atoms with Crippen LogP contribution in [0.4, 0.5) is 0 Å². The number of carbonyl (C=O) groups excluding carboxylic acids is 1. The molecule has 0 atom stereocenters. The molecule has 0 unspecified atom stereocenters. The highest BCUT2D eigenvalue weighted by Crippen LogP contribution is 2.29. The SMILES string of the molecule is COc1cc(C=CC=CC(=O)N2CCN(C(c3ccccc3)c3ccccc3)CC2)ccc1O. The van der Waals surface area contributed by atoms with Gasteiger partial charge in [-0.05, 0) is 28.8 Å². The quantitative estimate of drug-likeness (QED) is 0.407. The Labute approximate surface area is 201 Å². The van der Waals surface area contributed by atoms with Crippen LogP contribution in [0, 0.1) is 0 Å². The van der Waals surface area contributed by atoms with Gasteiger partial charge in [0.15, 0.2) is 11.5 Å². The lowest BCUT2D eigenvalue weighted by atomic mass is 9.96. The first-order chi connectivity index (χ1) is 16.7. The summed E-state index contributed by atoms with van der Waals surface area (Å²) >= 11 is 0. The first kappa shape index (κ1) is 23.3. The molecule has 1 amide bonds. The molecule has 1 aliphatic heterocycles. The Hall–Kier alpha value is -3.83. The maximum Gasteiger partial charge on any atom is 0.246 e. The van der Waals surface area contributed by atoms with E-state index in [1.165, 1.54) is 18.2 Å². The van der Waals surface area contributed by atoms with E-state index in [9.17, 15) is 9.90 Å². The second-order valence-electron chi connectivity index (χ2n) is 8.23. The molecule has 0 bridgehead atoms. The molecule has 1 fully saturated rings. The summed E-state index contributed by atoms with van der Waals surface area (Å²) in [6.45, 7) is 3.02. The smallest absolute Gasteiger partial charge is 0.246 e. The highest BCUT2D eigenvalue weighted by atomic mass is 16.5. The third kappa shape index (κ3) is 5.74. The number of hydrogen-bond donors (Lipinski definition) is 1. The van der Waals surface area contributed by atoms with Crippen molar-refractivity contribution in [3.8, 4) is 11.5 Å². The summed E-state index contributed by atoms with van der Waals surface area (Å²) in [4.78, 5) is 17.1. The van der Waals surface area contributed by atoms with E-state index >= 15 is 0 Å². The number of allylic oxidation sites excluding steroid dienone is 2. The molecule has 4 rings (SSSR count). The Morgan fingerprint density at radius 1 is 0.882 bits per heavy atom. The normalized spacial score (nSPS) is 14.8. The minimum absolute atomic E-state index is 0.0172. The molecule has 1 saturated heterocycles. The fraction of sp³-hybridized carbons (Fsp3) is 0.207.